The van der Waals surface area contributed by atoms with E-state index in [0.29, 0.717) is 12.0 Å². The zero-order valence-corrected chi connectivity index (χ0v) is 8.88. The molecule has 0 aliphatic rings. The molecule has 0 fully saturated rings. The Kier molecular flexibility index (Phi) is 2.87. The average molecular weight is 246 g/mol. The van der Waals surface area contributed by atoms with Crippen molar-refractivity contribution in [2.75, 3.05) is 6.61 Å². The summed E-state index contributed by atoms with van der Waals surface area (Å²) in [5, 5.41) is 0.656. The van der Waals surface area contributed by atoms with Crippen LogP contribution in [0, 0.1) is 0 Å². The molecule has 0 aliphatic heterocycles. The van der Waals surface area contributed by atoms with Crippen LogP contribution in [0.2, 0.25) is 0 Å². The van der Waals surface area contributed by atoms with Crippen LogP contribution >= 0.6 is 0 Å². The Morgan fingerprint density at radius 3 is 2.65 bits per heavy atom. The summed E-state index contributed by atoms with van der Waals surface area (Å²) in [6.45, 7) is 2.21. The van der Waals surface area contributed by atoms with Crippen molar-refractivity contribution in [3.05, 3.63) is 24.3 Å². The zero-order chi connectivity index (χ0) is 12.5. The third-order valence-electron chi connectivity index (χ3n) is 1.99. The summed E-state index contributed by atoms with van der Waals surface area (Å²) in [6, 6.07) is 5.48. The number of fused-ring (bicyclic) bond motifs is 1. The average Bonchev–Trinajstić information content (AvgIpc) is 2.57. The number of furan rings is 1. The molecule has 0 spiro atoms. The Morgan fingerprint density at radius 2 is 2.00 bits per heavy atom. The van der Waals surface area contributed by atoms with Crippen molar-refractivity contribution < 1.29 is 27.1 Å². The molecule has 2 aromatic rings. The standard InChI is InChI=1S/C11H9F3O3/c1-2-15-10-5-7-3-4-8(6-9(7)16-10)17-11(12,13)14/h3-6H,2H2,1H3. The Balaban J connectivity index is 2.30. The van der Waals surface area contributed by atoms with Gasteiger partial charge >= 0.3 is 6.36 Å². The number of hydrogen-bond donors (Lipinski definition) is 0. The summed E-state index contributed by atoms with van der Waals surface area (Å²) in [6.07, 6.45) is -4.71. The van der Waals surface area contributed by atoms with Crippen LogP contribution in [0.1, 0.15) is 6.92 Å². The van der Waals surface area contributed by atoms with Gasteiger partial charge < -0.3 is 13.9 Å². The van der Waals surface area contributed by atoms with E-state index in [9.17, 15) is 13.2 Å². The third-order valence-corrected chi connectivity index (χ3v) is 1.99. The lowest BCUT2D eigenvalue weighted by molar-refractivity contribution is -0.274. The van der Waals surface area contributed by atoms with E-state index in [4.69, 9.17) is 9.15 Å². The highest BCUT2D eigenvalue weighted by atomic mass is 19.4. The topological polar surface area (TPSA) is 31.6 Å². The predicted molar refractivity (Wildman–Crippen MR) is 54.1 cm³/mol. The molecule has 6 heteroatoms. The summed E-state index contributed by atoms with van der Waals surface area (Å²) in [7, 11) is 0. The second kappa shape index (κ2) is 4.20. The fourth-order valence-electron chi connectivity index (χ4n) is 1.40. The maximum absolute atomic E-state index is 12.0. The molecule has 1 aromatic carbocycles. The van der Waals surface area contributed by atoms with Crippen LogP contribution in [0.3, 0.4) is 0 Å². The lowest BCUT2D eigenvalue weighted by atomic mass is 10.2. The van der Waals surface area contributed by atoms with Crippen LogP contribution in [0.15, 0.2) is 28.7 Å². The van der Waals surface area contributed by atoms with Crippen LogP contribution in [0.5, 0.6) is 11.7 Å². The van der Waals surface area contributed by atoms with Gasteiger partial charge in [-0.15, -0.1) is 13.2 Å². The summed E-state index contributed by atoms with van der Waals surface area (Å²) in [5.74, 6) is -0.0472. The van der Waals surface area contributed by atoms with E-state index >= 15 is 0 Å². The smallest absolute Gasteiger partial charge is 0.465 e. The first-order valence-corrected chi connectivity index (χ1v) is 4.90. The summed E-state index contributed by atoms with van der Waals surface area (Å²) >= 11 is 0. The highest BCUT2D eigenvalue weighted by Gasteiger charge is 2.31. The molecule has 0 saturated heterocycles. The van der Waals surface area contributed by atoms with E-state index in [1.165, 1.54) is 18.2 Å². The number of halogens is 3. The minimum atomic E-state index is -4.71. The molecule has 0 aliphatic carbocycles. The van der Waals surface area contributed by atoms with E-state index < -0.39 is 6.36 Å². The van der Waals surface area contributed by atoms with Gasteiger partial charge in [0.15, 0.2) is 0 Å². The quantitative estimate of drug-likeness (QED) is 0.826. The molecule has 0 unspecified atom stereocenters. The monoisotopic (exact) mass is 246 g/mol. The van der Waals surface area contributed by atoms with E-state index in [-0.39, 0.29) is 17.3 Å². The molecule has 1 aromatic heterocycles. The van der Waals surface area contributed by atoms with Gasteiger partial charge in [0.25, 0.3) is 5.95 Å². The molecule has 0 atom stereocenters. The number of hydrogen-bond acceptors (Lipinski definition) is 3. The molecular weight excluding hydrogens is 237 g/mol. The van der Waals surface area contributed by atoms with Gasteiger partial charge in [0.2, 0.25) is 0 Å². The molecule has 0 bridgehead atoms. The molecule has 2 rings (SSSR count). The van der Waals surface area contributed by atoms with Crippen LogP contribution < -0.4 is 9.47 Å². The minimum Gasteiger partial charge on any atom is -0.465 e. The third kappa shape index (κ3) is 2.83. The van der Waals surface area contributed by atoms with Crippen molar-refractivity contribution in [3.63, 3.8) is 0 Å². The summed E-state index contributed by atoms with van der Waals surface area (Å²) < 4.78 is 50.0. The molecule has 0 radical (unpaired) electrons. The molecule has 3 nitrogen and oxygen atoms in total. The highest BCUT2D eigenvalue weighted by molar-refractivity contribution is 5.80. The van der Waals surface area contributed by atoms with Gasteiger partial charge in [-0.1, -0.05) is 0 Å². The van der Waals surface area contributed by atoms with Crippen molar-refractivity contribution in [1.82, 2.24) is 0 Å². The highest BCUT2D eigenvalue weighted by Crippen LogP contribution is 2.30. The van der Waals surface area contributed by atoms with Crippen LogP contribution in [0.25, 0.3) is 11.0 Å². The number of benzene rings is 1. The summed E-state index contributed by atoms with van der Waals surface area (Å²) in [4.78, 5) is 0. The number of ether oxygens (including phenoxy) is 2. The lowest BCUT2D eigenvalue weighted by Gasteiger charge is -2.07. The Labute approximate surface area is 94.7 Å². The van der Waals surface area contributed by atoms with Crippen molar-refractivity contribution in [3.8, 4) is 11.7 Å². The van der Waals surface area contributed by atoms with Crippen molar-refractivity contribution >= 4 is 11.0 Å². The van der Waals surface area contributed by atoms with Crippen LogP contribution in [-0.2, 0) is 0 Å². The molecule has 1 heterocycles. The van der Waals surface area contributed by atoms with Crippen molar-refractivity contribution in [2.24, 2.45) is 0 Å². The molecule has 92 valence electrons. The minimum absolute atomic E-state index is 0.270. The molecule has 0 saturated carbocycles. The maximum Gasteiger partial charge on any atom is 0.573 e. The van der Waals surface area contributed by atoms with E-state index in [1.54, 1.807) is 13.0 Å². The van der Waals surface area contributed by atoms with Gasteiger partial charge in [-0.3, -0.25) is 0 Å². The maximum atomic E-state index is 12.0. The van der Waals surface area contributed by atoms with Gasteiger partial charge in [-0.2, -0.15) is 0 Å². The van der Waals surface area contributed by atoms with E-state index in [1.807, 2.05) is 0 Å². The van der Waals surface area contributed by atoms with Gasteiger partial charge in [0.05, 0.1) is 6.61 Å². The van der Waals surface area contributed by atoms with Gasteiger partial charge in [0.1, 0.15) is 11.3 Å². The first-order valence-electron chi connectivity index (χ1n) is 4.90. The molecule has 0 N–H and O–H groups in total. The normalized spacial score (nSPS) is 11.8. The largest absolute Gasteiger partial charge is 0.573 e. The van der Waals surface area contributed by atoms with Gasteiger partial charge in [0, 0.05) is 17.5 Å². The first kappa shape index (κ1) is 11.6. The van der Waals surface area contributed by atoms with Gasteiger partial charge in [-0.25, -0.2) is 0 Å². The van der Waals surface area contributed by atoms with Crippen LogP contribution in [0.4, 0.5) is 13.2 Å². The molecular formula is C11H9F3O3. The fourth-order valence-corrected chi connectivity index (χ4v) is 1.40. The SMILES string of the molecule is CCOc1cc2ccc(OC(F)(F)F)cc2o1. The zero-order valence-electron chi connectivity index (χ0n) is 8.88. The van der Waals surface area contributed by atoms with Crippen molar-refractivity contribution in [1.29, 1.82) is 0 Å². The predicted octanol–water partition coefficient (Wildman–Crippen LogP) is 3.73. The molecule has 17 heavy (non-hydrogen) atoms. The number of rotatable bonds is 3. The first-order chi connectivity index (χ1) is 7.98. The lowest BCUT2D eigenvalue weighted by Crippen LogP contribution is -2.16. The second-order valence-corrected chi connectivity index (χ2v) is 3.25. The Morgan fingerprint density at radius 1 is 1.24 bits per heavy atom. The van der Waals surface area contributed by atoms with E-state index in [2.05, 4.69) is 4.74 Å². The fraction of sp³-hybridized carbons (Fsp3) is 0.273. The number of alkyl halides is 3. The Hall–Kier alpha value is -1.85. The summed E-state index contributed by atoms with van der Waals surface area (Å²) in [5.41, 5.74) is 0.287. The Bertz CT molecular complexity index is 516. The molecule has 0 amide bonds. The van der Waals surface area contributed by atoms with Crippen molar-refractivity contribution in [2.45, 2.75) is 13.3 Å². The second-order valence-electron chi connectivity index (χ2n) is 3.25. The van der Waals surface area contributed by atoms with Crippen LogP contribution in [-0.4, -0.2) is 13.0 Å². The van der Waals surface area contributed by atoms with E-state index in [0.717, 1.165) is 0 Å². The van der Waals surface area contributed by atoms with Gasteiger partial charge in [-0.05, 0) is 19.1 Å².